The minimum Gasteiger partial charge on any atom is -0.351 e. The van der Waals surface area contributed by atoms with E-state index in [1.54, 1.807) is 26.2 Å². The maximum Gasteiger partial charge on any atom is 0.225 e. The summed E-state index contributed by atoms with van der Waals surface area (Å²) in [6.45, 7) is 6.24. The van der Waals surface area contributed by atoms with E-state index in [1.807, 2.05) is 4.90 Å². The largest absolute Gasteiger partial charge is 0.351 e. The summed E-state index contributed by atoms with van der Waals surface area (Å²) in [6.07, 6.45) is 3.46. The fourth-order valence-corrected chi connectivity index (χ4v) is 2.68. The number of rotatable bonds is 2. The zero-order chi connectivity index (χ0) is 15.7. The molecule has 3 rings (SSSR count). The van der Waals surface area contributed by atoms with Gasteiger partial charge in [-0.25, -0.2) is 24.3 Å². The van der Waals surface area contributed by atoms with Crippen LogP contribution in [0.5, 0.6) is 0 Å². The lowest BCUT2D eigenvalue weighted by atomic mass is 10.3. The van der Waals surface area contributed by atoms with Crippen LogP contribution in [0.3, 0.4) is 0 Å². The number of nitrogens with zero attached hydrogens (tertiary/aromatic N) is 6. The van der Waals surface area contributed by atoms with Crippen molar-refractivity contribution in [3.63, 3.8) is 0 Å². The van der Waals surface area contributed by atoms with Gasteiger partial charge in [-0.15, -0.1) is 0 Å². The normalized spacial score (nSPS) is 15.3. The molecule has 3 heterocycles. The summed E-state index contributed by atoms with van der Waals surface area (Å²) >= 11 is 3.32. The molecule has 0 bridgehead atoms. The van der Waals surface area contributed by atoms with Gasteiger partial charge in [-0.05, 0) is 29.8 Å². The maximum atomic E-state index is 14.2. The molecule has 6 nitrogen and oxygen atoms in total. The van der Waals surface area contributed by atoms with Crippen LogP contribution in [-0.4, -0.2) is 46.1 Å². The fraction of sp³-hybridized carbons (Fsp3) is 0.429. The standard InChI is InChI=1S/C14H16BrFN6/c1-9-12(16)13(20-10(2)19-9)21-3-5-22(6-4-21)14-17-7-11(15)8-18-14/h7-8H,3-6H2,1-2H3. The molecule has 0 N–H and O–H groups in total. The van der Waals surface area contributed by atoms with Gasteiger partial charge in [0.05, 0.1) is 10.2 Å². The summed E-state index contributed by atoms with van der Waals surface area (Å²) in [5.41, 5.74) is 0.390. The molecule has 0 spiro atoms. The van der Waals surface area contributed by atoms with Crippen LogP contribution in [0.15, 0.2) is 16.9 Å². The molecule has 1 aliphatic heterocycles. The number of piperazine rings is 1. The first-order valence-electron chi connectivity index (χ1n) is 7.03. The smallest absolute Gasteiger partial charge is 0.225 e. The minimum atomic E-state index is -0.334. The molecule has 1 fully saturated rings. The van der Waals surface area contributed by atoms with E-state index in [1.165, 1.54) is 0 Å². The van der Waals surface area contributed by atoms with Gasteiger partial charge in [-0.2, -0.15) is 0 Å². The highest BCUT2D eigenvalue weighted by atomic mass is 79.9. The summed E-state index contributed by atoms with van der Waals surface area (Å²) in [5.74, 6) is 1.34. The lowest BCUT2D eigenvalue weighted by molar-refractivity contribution is 0.569. The second-order valence-electron chi connectivity index (χ2n) is 5.17. The Balaban J connectivity index is 1.73. The van der Waals surface area contributed by atoms with E-state index in [4.69, 9.17) is 0 Å². The van der Waals surface area contributed by atoms with Gasteiger partial charge < -0.3 is 9.80 Å². The third kappa shape index (κ3) is 3.01. The number of hydrogen-bond acceptors (Lipinski definition) is 6. The Hall–Kier alpha value is -1.83. The van der Waals surface area contributed by atoms with Crippen molar-refractivity contribution in [2.24, 2.45) is 0 Å². The number of anilines is 2. The summed E-state index contributed by atoms with van der Waals surface area (Å²) in [7, 11) is 0. The summed E-state index contributed by atoms with van der Waals surface area (Å²) < 4.78 is 15.1. The van der Waals surface area contributed by atoms with Gasteiger partial charge in [-0.3, -0.25) is 0 Å². The molecular formula is C14H16BrFN6. The lowest BCUT2D eigenvalue weighted by Gasteiger charge is -2.35. The SMILES string of the molecule is Cc1nc(C)c(F)c(N2CCN(c3ncc(Br)cn3)CC2)n1. The predicted molar refractivity (Wildman–Crippen MR) is 85.6 cm³/mol. The van der Waals surface area contributed by atoms with Crippen molar-refractivity contribution in [1.82, 2.24) is 19.9 Å². The van der Waals surface area contributed by atoms with E-state index < -0.39 is 0 Å². The second-order valence-corrected chi connectivity index (χ2v) is 6.08. The molecule has 116 valence electrons. The second kappa shape index (κ2) is 6.12. The van der Waals surface area contributed by atoms with E-state index >= 15 is 0 Å². The first-order valence-corrected chi connectivity index (χ1v) is 7.82. The number of aryl methyl sites for hydroxylation is 2. The number of aromatic nitrogens is 4. The van der Waals surface area contributed by atoms with Gasteiger partial charge >= 0.3 is 0 Å². The molecule has 0 saturated carbocycles. The zero-order valence-corrected chi connectivity index (χ0v) is 14.0. The molecule has 0 aliphatic carbocycles. The van der Waals surface area contributed by atoms with Crippen molar-refractivity contribution in [2.75, 3.05) is 36.0 Å². The zero-order valence-electron chi connectivity index (χ0n) is 12.4. The highest BCUT2D eigenvalue weighted by Gasteiger charge is 2.23. The minimum absolute atomic E-state index is 0.334. The number of halogens is 2. The summed E-state index contributed by atoms with van der Waals surface area (Å²) in [6, 6.07) is 0. The molecule has 0 aromatic carbocycles. The maximum absolute atomic E-state index is 14.2. The van der Waals surface area contributed by atoms with Crippen LogP contribution in [0.1, 0.15) is 11.5 Å². The van der Waals surface area contributed by atoms with Gasteiger partial charge in [0, 0.05) is 38.6 Å². The Morgan fingerprint density at radius 2 is 1.59 bits per heavy atom. The third-order valence-electron chi connectivity index (χ3n) is 3.58. The molecule has 0 unspecified atom stereocenters. The number of hydrogen-bond donors (Lipinski definition) is 0. The molecule has 8 heteroatoms. The molecule has 0 amide bonds. The Morgan fingerprint density at radius 1 is 1.00 bits per heavy atom. The van der Waals surface area contributed by atoms with Crippen LogP contribution in [0.2, 0.25) is 0 Å². The van der Waals surface area contributed by atoms with Crippen LogP contribution in [0, 0.1) is 19.7 Å². The lowest BCUT2D eigenvalue weighted by Crippen LogP contribution is -2.47. The van der Waals surface area contributed by atoms with Crippen LogP contribution >= 0.6 is 15.9 Å². The van der Waals surface area contributed by atoms with Crippen LogP contribution in [-0.2, 0) is 0 Å². The Morgan fingerprint density at radius 3 is 2.23 bits per heavy atom. The highest BCUT2D eigenvalue weighted by molar-refractivity contribution is 9.10. The van der Waals surface area contributed by atoms with Gasteiger partial charge in [0.25, 0.3) is 0 Å². The molecule has 2 aromatic rings. The average Bonchev–Trinajstić information content (AvgIpc) is 2.52. The third-order valence-corrected chi connectivity index (χ3v) is 3.99. The van der Waals surface area contributed by atoms with Crippen LogP contribution < -0.4 is 9.80 Å². The molecule has 1 aliphatic rings. The Bertz CT molecular complexity index is 670. The Labute approximate surface area is 136 Å². The molecule has 1 saturated heterocycles. The summed E-state index contributed by atoms with van der Waals surface area (Å²) in [5, 5.41) is 0. The van der Waals surface area contributed by atoms with E-state index in [-0.39, 0.29) is 5.82 Å². The van der Waals surface area contributed by atoms with Gasteiger partial charge in [-0.1, -0.05) is 0 Å². The van der Waals surface area contributed by atoms with Gasteiger partial charge in [0.1, 0.15) is 5.82 Å². The van der Waals surface area contributed by atoms with Crippen molar-refractivity contribution in [2.45, 2.75) is 13.8 Å². The first-order chi connectivity index (χ1) is 10.5. The highest BCUT2D eigenvalue weighted by Crippen LogP contribution is 2.21. The molecule has 22 heavy (non-hydrogen) atoms. The van der Waals surface area contributed by atoms with E-state index in [0.29, 0.717) is 36.4 Å². The predicted octanol–water partition coefficient (Wildman–Crippen LogP) is 2.11. The van der Waals surface area contributed by atoms with Crippen molar-refractivity contribution < 1.29 is 4.39 Å². The van der Waals surface area contributed by atoms with Crippen molar-refractivity contribution in [3.8, 4) is 0 Å². The molecular weight excluding hydrogens is 351 g/mol. The van der Waals surface area contributed by atoms with Gasteiger partial charge in [0.2, 0.25) is 5.95 Å². The van der Waals surface area contributed by atoms with Crippen molar-refractivity contribution >= 4 is 27.7 Å². The summed E-state index contributed by atoms with van der Waals surface area (Å²) in [4.78, 5) is 20.9. The molecule has 2 aromatic heterocycles. The van der Waals surface area contributed by atoms with Crippen LogP contribution in [0.25, 0.3) is 0 Å². The van der Waals surface area contributed by atoms with Gasteiger partial charge in [0.15, 0.2) is 11.6 Å². The molecule has 0 atom stereocenters. The topological polar surface area (TPSA) is 58.0 Å². The quantitative estimate of drug-likeness (QED) is 0.811. The average molecular weight is 367 g/mol. The van der Waals surface area contributed by atoms with E-state index in [2.05, 4.69) is 40.8 Å². The van der Waals surface area contributed by atoms with E-state index in [0.717, 1.165) is 17.6 Å². The first kappa shape index (κ1) is 15.1. The fourth-order valence-electron chi connectivity index (χ4n) is 2.48. The Kier molecular flexibility index (Phi) is 4.19. The van der Waals surface area contributed by atoms with Crippen LogP contribution in [0.4, 0.5) is 16.2 Å². The van der Waals surface area contributed by atoms with E-state index in [9.17, 15) is 4.39 Å². The van der Waals surface area contributed by atoms with Crippen molar-refractivity contribution in [3.05, 3.63) is 34.2 Å². The molecule has 0 radical (unpaired) electrons. The monoisotopic (exact) mass is 366 g/mol. The van der Waals surface area contributed by atoms with Crippen molar-refractivity contribution in [1.29, 1.82) is 0 Å².